The molecule has 1 unspecified atom stereocenters. The predicted octanol–water partition coefficient (Wildman–Crippen LogP) is 0.121. The lowest BCUT2D eigenvalue weighted by Gasteiger charge is -2.26. The number of carbonyl (C=O) groups excluding carboxylic acids is 1. The number of carbonyl (C=O) groups is 1. The van der Waals surface area contributed by atoms with Crippen molar-refractivity contribution in [1.29, 1.82) is 0 Å². The third-order valence-corrected chi connectivity index (χ3v) is 3.07. The molecule has 1 aliphatic heterocycles. The fraction of sp³-hybridized carbons (Fsp3) is 0.909. The number of hydrogen-bond acceptors (Lipinski definition) is 3. The van der Waals surface area contributed by atoms with Crippen molar-refractivity contribution in [2.75, 3.05) is 26.2 Å². The van der Waals surface area contributed by atoms with E-state index in [0.29, 0.717) is 6.54 Å². The Kier molecular flexibility index (Phi) is 3.73. The van der Waals surface area contributed by atoms with E-state index in [2.05, 4.69) is 10.6 Å². The Bertz CT molecular complexity index is 233. The highest BCUT2D eigenvalue weighted by Gasteiger charge is 2.36. The molecule has 3 N–H and O–H groups in total. The first kappa shape index (κ1) is 12.5. The first-order valence-corrected chi connectivity index (χ1v) is 5.50. The van der Waals surface area contributed by atoms with Crippen molar-refractivity contribution in [2.24, 2.45) is 10.8 Å². The first-order valence-electron chi connectivity index (χ1n) is 5.50. The van der Waals surface area contributed by atoms with Gasteiger partial charge in [-0.05, 0) is 19.9 Å². The molecular formula is C11H22N2O2. The van der Waals surface area contributed by atoms with Crippen LogP contribution in [0, 0.1) is 10.8 Å². The molecular weight excluding hydrogens is 192 g/mol. The maximum absolute atomic E-state index is 11.9. The largest absolute Gasteiger partial charge is 0.396 e. The van der Waals surface area contributed by atoms with E-state index in [9.17, 15) is 4.79 Å². The summed E-state index contributed by atoms with van der Waals surface area (Å²) in [6.07, 6.45) is 0.887. The quantitative estimate of drug-likeness (QED) is 0.623. The summed E-state index contributed by atoms with van der Waals surface area (Å²) < 4.78 is 0. The average Bonchev–Trinajstić information content (AvgIpc) is 2.63. The molecule has 1 heterocycles. The highest BCUT2D eigenvalue weighted by Crippen LogP contribution is 2.24. The fourth-order valence-electron chi connectivity index (χ4n) is 1.60. The minimum absolute atomic E-state index is 0.0856. The topological polar surface area (TPSA) is 61.4 Å². The molecule has 0 aromatic heterocycles. The number of hydrogen-bond donors (Lipinski definition) is 3. The number of aliphatic hydroxyl groups is 1. The minimum Gasteiger partial charge on any atom is -0.396 e. The van der Waals surface area contributed by atoms with Crippen LogP contribution < -0.4 is 10.6 Å². The fourth-order valence-corrected chi connectivity index (χ4v) is 1.60. The lowest BCUT2D eigenvalue weighted by Crippen LogP contribution is -2.44. The lowest BCUT2D eigenvalue weighted by molar-refractivity contribution is -0.129. The Hall–Kier alpha value is -0.610. The third kappa shape index (κ3) is 3.18. The Morgan fingerprint density at radius 2 is 2.27 bits per heavy atom. The van der Waals surface area contributed by atoms with Crippen molar-refractivity contribution in [2.45, 2.75) is 27.2 Å². The van der Waals surface area contributed by atoms with Crippen LogP contribution in [0.5, 0.6) is 0 Å². The molecule has 0 bridgehead atoms. The van der Waals surface area contributed by atoms with Crippen LogP contribution in [-0.2, 0) is 4.79 Å². The maximum atomic E-state index is 11.9. The van der Waals surface area contributed by atoms with Crippen LogP contribution in [0.15, 0.2) is 0 Å². The van der Waals surface area contributed by atoms with Crippen LogP contribution >= 0.6 is 0 Å². The second-order valence-electron chi connectivity index (χ2n) is 5.49. The molecule has 1 atom stereocenters. The SMILES string of the molecule is CC(C)(CO)CNC(=O)C1(C)CCNC1. The molecule has 4 nitrogen and oxygen atoms in total. The van der Waals surface area contributed by atoms with Gasteiger partial charge in [0, 0.05) is 25.1 Å². The summed E-state index contributed by atoms with van der Waals surface area (Å²) in [5.41, 5.74) is -0.510. The van der Waals surface area contributed by atoms with Crippen LogP contribution in [0.4, 0.5) is 0 Å². The van der Waals surface area contributed by atoms with Gasteiger partial charge in [0.25, 0.3) is 0 Å². The standard InChI is InChI=1S/C11H22N2O2/c1-10(2,8-14)6-13-9(15)11(3)4-5-12-7-11/h12,14H,4-8H2,1-3H3,(H,13,15). The highest BCUT2D eigenvalue weighted by molar-refractivity contribution is 5.82. The predicted molar refractivity (Wildman–Crippen MR) is 59.5 cm³/mol. The van der Waals surface area contributed by atoms with E-state index in [0.717, 1.165) is 19.5 Å². The molecule has 88 valence electrons. The summed E-state index contributed by atoms with van der Waals surface area (Å²) in [4.78, 5) is 11.9. The van der Waals surface area contributed by atoms with Gasteiger partial charge < -0.3 is 15.7 Å². The van der Waals surface area contributed by atoms with Crippen LogP contribution in [0.3, 0.4) is 0 Å². The van der Waals surface area contributed by atoms with E-state index in [1.807, 2.05) is 20.8 Å². The molecule has 0 saturated carbocycles. The summed E-state index contributed by atoms with van der Waals surface area (Å²) in [5, 5.41) is 15.2. The Morgan fingerprint density at radius 1 is 1.60 bits per heavy atom. The first-order chi connectivity index (χ1) is 6.90. The summed E-state index contributed by atoms with van der Waals surface area (Å²) in [6.45, 7) is 8.12. The van der Waals surface area contributed by atoms with E-state index in [4.69, 9.17) is 5.11 Å². The van der Waals surface area contributed by atoms with Crippen molar-refractivity contribution in [3.63, 3.8) is 0 Å². The van der Waals surface area contributed by atoms with Gasteiger partial charge in [-0.3, -0.25) is 4.79 Å². The molecule has 0 aliphatic carbocycles. The van der Waals surface area contributed by atoms with E-state index < -0.39 is 0 Å². The van der Waals surface area contributed by atoms with Gasteiger partial charge in [-0.25, -0.2) is 0 Å². The van der Waals surface area contributed by atoms with Gasteiger partial charge in [-0.2, -0.15) is 0 Å². The summed E-state index contributed by atoms with van der Waals surface area (Å²) in [6, 6.07) is 0. The molecule has 1 fully saturated rings. The second kappa shape index (κ2) is 4.49. The zero-order valence-corrected chi connectivity index (χ0v) is 9.89. The molecule has 0 aromatic carbocycles. The normalized spacial score (nSPS) is 26.7. The zero-order valence-electron chi connectivity index (χ0n) is 9.89. The van der Waals surface area contributed by atoms with Crippen LogP contribution in [0.2, 0.25) is 0 Å². The summed E-state index contributed by atoms with van der Waals surface area (Å²) in [5.74, 6) is 0.0917. The van der Waals surface area contributed by atoms with Gasteiger partial charge in [0.15, 0.2) is 0 Å². The van der Waals surface area contributed by atoms with E-state index in [1.165, 1.54) is 0 Å². The van der Waals surface area contributed by atoms with Gasteiger partial charge in [-0.15, -0.1) is 0 Å². The Balaban J connectivity index is 2.42. The van der Waals surface area contributed by atoms with Crippen LogP contribution in [0.25, 0.3) is 0 Å². The lowest BCUT2D eigenvalue weighted by atomic mass is 9.87. The number of nitrogens with one attached hydrogen (secondary N) is 2. The molecule has 1 saturated heterocycles. The minimum atomic E-state index is -0.272. The third-order valence-electron chi connectivity index (χ3n) is 3.07. The average molecular weight is 214 g/mol. The van der Waals surface area contributed by atoms with Crippen molar-refractivity contribution in [3.8, 4) is 0 Å². The highest BCUT2D eigenvalue weighted by atomic mass is 16.3. The molecule has 1 rings (SSSR count). The van der Waals surface area contributed by atoms with Crippen molar-refractivity contribution < 1.29 is 9.90 Å². The number of amides is 1. The van der Waals surface area contributed by atoms with Crippen LogP contribution in [0.1, 0.15) is 27.2 Å². The summed E-state index contributed by atoms with van der Waals surface area (Å²) in [7, 11) is 0. The molecule has 1 amide bonds. The molecule has 0 radical (unpaired) electrons. The molecule has 1 aliphatic rings. The van der Waals surface area contributed by atoms with Crippen LogP contribution in [-0.4, -0.2) is 37.3 Å². The second-order valence-corrected chi connectivity index (χ2v) is 5.49. The molecule has 15 heavy (non-hydrogen) atoms. The number of rotatable bonds is 4. The molecule has 0 aromatic rings. The van der Waals surface area contributed by atoms with E-state index >= 15 is 0 Å². The van der Waals surface area contributed by atoms with Crippen molar-refractivity contribution in [3.05, 3.63) is 0 Å². The molecule has 0 spiro atoms. The van der Waals surface area contributed by atoms with E-state index in [-0.39, 0.29) is 23.3 Å². The summed E-state index contributed by atoms with van der Waals surface area (Å²) >= 11 is 0. The van der Waals surface area contributed by atoms with Gasteiger partial charge >= 0.3 is 0 Å². The Labute approximate surface area is 91.4 Å². The van der Waals surface area contributed by atoms with Crippen molar-refractivity contribution in [1.82, 2.24) is 10.6 Å². The monoisotopic (exact) mass is 214 g/mol. The van der Waals surface area contributed by atoms with E-state index in [1.54, 1.807) is 0 Å². The van der Waals surface area contributed by atoms with Gasteiger partial charge in [0.2, 0.25) is 5.91 Å². The maximum Gasteiger partial charge on any atom is 0.227 e. The van der Waals surface area contributed by atoms with Gasteiger partial charge in [0.05, 0.1) is 5.41 Å². The van der Waals surface area contributed by atoms with Gasteiger partial charge in [0.1, 0.15) is 0 Å². The molecule has 4 heteroatoms. The van der Waals surface area contributed by atoms with Crippen molar-refractivity contribution >= 4 is 5.91 Å². The smallest absolute Gasteiger partial charge is 0.227 e. The Morgan fingerprint density at radius 3 is 2.73 bits per heavy atom. The zero-order chi connectivity index (χ0) is 11.5. The van der Waals surface area contributed by atoms with Gasteiger partial charge in [-0.1, -0.05) is 13.8 Å². The number of aliphatic hydroxyl groups excluding tert-OH is 1.